The number of nitrogens with zero attached hydrogens (tertiary/aromatic N) is 6. The molecule has 0 atom stereocenters. The number of carboxylic acids is 1. The van der Waals surface area contributed by atoms with Crippen LogP contribution in [0.2, 0.25) is 0 Å². The van der Waals surface area contributed by atoms with Crippen LogP contribution in [0.15, 0.2) is 30.5 Å². The van der Waals surface area contributed by atoms with Crippen LogP contribution in [-0.2, 0) is 5.41 Å². The average Bonchev–Trinajstić information content (AvgIpc) is 3.12. The van der Waals surface area contributed by atoms with Crippen molar-refractivity contribution in [1.29, 1.82) is 0 Å². The number of likely N-dealkylation sites (N-methyl/N-ethyl adjacent to an activating group) is 2. The van der Waals surface area contributed by atoms with Gasteiger partial charge >= 0.3 is 5.97 Å². The highest BCUT2D eigenvalue weighted by Crippen LogP contribution is 2.44. The number of carbonyl (C=O) groups is 1. The lowest BCUT2D eigenvalue weighted by Gasteiger charge is -2.25. The number of benzene rings is 1. The number of aromatic nitrogens is 3. The molecule has 11 nitrogen and oxygen atoms in total. The Hall–Kier alpha value is -4.12. The number of methoxy groups -OCH3 is 1. The van der Waals surface area contributed by atoms with E-state index < -0.39 is 5.97 Å². The highest BCUT2D eigenvalue weighted by molar-refractivity contribution is 5.95. The highest BCUT2D eigenvalue weighted by Gasteiger charge is 2.39. The molecular weight excluding hydrogens is 484 g/mol. The van der Waals surface area contributed by atoms with E-state index in [4.69, 9.17) is 15.5 Å². The third kappa shape index (κ3) is 5.28. The topological polar surface area (TPSA) is 133 Å². The fourth-order valence-corrected chi connectivity index (χ4v) is 4.57. The number of hydrogen-bond donors (Lipinski definition) is 3. The molecule has 1 aromatic carbocycles. The fourth-order valence-electron chi connectivity index (χ4n) is 4.57. The summed E-state index contributed by atoms with van der Waals surface area (Å²) in [7, 11) is 7.60. The van der Waals surface area contributed by atoms with Crippen molar-refractivity contribution in [2.75, 3.05) is 68.7 Å². The minimum atomic E-state index is -1.11. The van der Waals surface area contributed by atoms with E-state index in [9.17, 15) is 9.90 Å². The number of pyridine rings is 1. The van der Waals surface area contributed by atoms with Gasteiger partial charge in [-0.05, 0) is 39.2 Å². The molecule has 0 aliphatic carbocycles. The maximum Gasteiger partial charge on any atom is 0.341 e. The zero-order valence-electron chi connectivity index (χ0n) is 23.0. The summed E-state index contributed by atoms with van der Waals surface area (Å²) in [6.45, 7) is 8.31. The zero-order chi connectivity index (χ0) is 27.8. The maximum atomic E-state index is 12.1. The number of nitrogens with one attached hydrogen (secondary N) is 1. The van der Waals surface area contributed by atoms with E-state index in [1.165, 1.54) is 6.20 Å². The Morgan fingerprint density at radius 1 is 1.21 bits per heavy atom. The summed E-state index contributed by atoms with van der Waals surface area (Å²) in [5.41, 5.74) is 10.7. The van der Waals surface area contributed by atoms with Crippen molar-refractivity contribution < 1.29 is 14.6 Å². The Kier molecular flexibility index (Phi) is 7.32. The monoisotopic (exact) mass is 520 g/mol. The summed E-state index contributed by atoms with van der Waals surface area (Å²) >= 11 is 0. The molecule has 3 heterocycles. The van der Waals surface area contributed by atoms with Gasteiger partial charge in [0.05, 0.1) is 35.6 Å². The van der Waals surface area contributed by atoms with Crippen LogP contribution in [0.5, 0.6) is 5.75 Å². The van der Waals surface area contributed by atoms with E-state index in [0.717, 1.165) is 35.9 Å². The second-order valence-electron chi connectivity index (χ2n) is 10.5. The first-order chi connectivity index (χ1) is 17.9. The van der Waals surface area contributed by atoms with E-state index in [1.54, 1.807) is 13.2 Å². The summed E-state index contributed by atoms with van der Waals surface area (Å²) in [4.78, 5) is 31.9. The van der Waals surface area contributed by atoms with Gasteiger partial charge in [0.1, 0.15) is 11.3 Å². The normalized spacial score (nSPS) is 13.9. The number of hydrogen-bond acceptors (Lipinski definition) is 10. The summed E-state index contributed by atoms with van der Waals surface area (Å²) < 4.78 is 5.64. The number of nitrogen functional groups attached to an aromatic ring is 1. The largest absolute Gasteiger partial charge is 0.494 e. The van der Waals surface area contributed by atoms with Gasteiger partial charge in [-0.1, -0.05) is 13.8 Å². The number of rotatable bonds is 9. The number of aryl methyl sites for hydroxylation is 1. The van der Waals surface area contributed by atoms with Gasteiger partial charge in [0, 0.05) is 50.1 Å². The Labute approximate surface area is 223 Å². The van der Waals surface area contributed by atoms with Gasteiger partial charge in [-0.3, -0.25) is 4.98 Å². The van der Waals surface area contributed by atoms with Crippen molar-refractivity contribution in [3.63, 3.8) is 0 Å². The standard InChI is InChI=1S/C27H36N8O3/c1-16-8-9-20-23(30-16)27(2,3)15-35(20)24-17(25(36)37)14-29-26(32-24)31-19-12-18(28)21(13-22(19)38-7)34(6)11-10-33(4)5/h8-9,12-14H,10-11,15,28H2,1-7H3,(H,36,37)(H,29,31,32). The van der Waals surface area contributed by atoms with Gasteiger partial charge < -0.3 is 35.6 Å². The molecule has 0 saturated heterocycles. The van der Waals surface area contributed by atoms with Crippen molar-refractivity contribution in [1.82, 2.24) is 19.9 Å². The summed E-state index contributed by atoms with van der Waals surface area (Å²) in [6, 6.07) is 7.52. The highest BCUT2D eigenvalue weighted by atomic mass is 16.5. The predicted octanol–water partition coefficient (Wildman–Crippen LogP) is 3.64. The second kappa shape index (κ2) is 10.3. The van der Waals surface area contributed by atoms with E-state index >= 15 is 0 Å². The first-order valence-corrected chi connectivity index (χ1v) is 12.4. The Morgan fingerprint density at radius 2 is 1.95 bits per heavy atom. The van der Waals surface area contributed by atoms with Gasteiger partial charge in [0.2, 0.25) is 5.95 Å². The number of nitrogens with two attached hydrogens (primary N) is 1. The first-order valence-electron chi connectivity index (χ1n) is 12.4. The van der Waals surface area contributed by atoms with Gasteiger partial charge in [-0.25, -0.2) is 9.78 Å². The molecule has 1 aliphatic rings. The molecule has 1 aliphatic heterocycles. The maximum absolute atomic E-state index is 12.1. The number of anilines is 6. The van der Waals surface area contributed by atoms with Crippen LogP contribution < -0.4 is 25.6 Å². The number of ether oxygens (including phenoxy) is 1. The predicted molar refractivity (Wildman–Crippen MR) is 151 cm³/mol. The van der Waals surface area contributed by atoms with Crippen LogP contribution in [0.25, 0.3) is 0 Å². The van der Waals surface area contributed by atoms with Crippen molar-refractivity contribution in [3.8, 4) is 5.75 Å². The van der Waals surface area contributed by atoms with Crippen LogP contribution in [-0.4, -0.2) is 78.8 Å². The zero-order valence-corrected chi connectivity index (χ0v) is 23.0. The van der Waals surface area contributed by atoms with E-state index in [0.29, 0.717) is 29.5 Å². The first kappa shape index (κ1) is 26.9. The minimum absolute atomic E-state index is 0.00381. The molecule has 38 heavy (non-hydrogen) atoms. The second-order valence-corrected chi connectivity index (χ2v) is 10.5. The average molecular weight is 521 g/mol. The molecule has 0 fully saturated rings. The number of carboxylic acid groups (broad SMARTS) is 1. The summed E-state index contributed by atoms with van der Waals surface area (Å²) in [6.07, 6.45) is 1.32. The van der Waals surface area contributed by atoms with Crippen LogP contribution in [0.1, 0.15) is 35.6 Å². The molecule has 0 amide bonds. The molecule has 4 N–H and O–H groups in total. The lowest BCUT2D eigenvalue weighted by atomic mass is 9.91. The fraction of sp³-hybridized carbons (Fsp3) is 0.407. The van der Waals surface area contributed by atoms with Crippen molar-refractivity contribution in [3.05, 3.63) is 47.4 Å². The lowest BCUT2D eigenvalue weighted by molar-refractivity contribution is 0.0697. The van der Waals surface area contributed by atoms with Crippen LogP contribution in [0, 0.1) is 6.92 Å². The van der Waals surface area contributed by atoms with Crippen LogP contribution >= 0.6 is 0 Å². The van der Waals surface area contributed by atoms with E-state index in [2.05, 4.69) is 38.9 Å². The Balaban J connectivity index is 1.71. The molecule has 0 saturated carbocycles. The molecular formula is C27H36N8O3. The SMILES string of the molecule is COc1cc(N(C)CCN(C)C)c(N)cc1Nc1ncc(C(=O)O)c(N2CC(C)(C)c3nc(C)ccc32)n1. The van der Waals surface area contributed by atoms with Gasteiger partial charge in [0.25, 0.3) is 0 Å². The Morgan fingerprint density at radius 3 is 2.61 bits per heavy atom. The lowest BCUT2D eigenvalue weighted by Crippen LogP contribution is -2.29. The van der Waals surface area contributed by atoms with Crippen molar-refractivity contribution in [2.24, 2.45) is 0 Å². The van der Waals surface area contributed by atoms with E-state index in [-0.39, 0.29) is 16.9 Å². The van der Waals surface area contributed by atoms with E-state index in [1.807, 2.05) is 51.2 Å². The smallest absolute Gasteiger partial charge is 0.341 e. The number of aromatic carboxylic acids is 1. The molecule has 11 heteroatoms. The molecule has 0 spiro atoms. The molecule has 0 bridgehead atoms. The van der Waals surface area contributed by atoms with Gasteiger partial charge in [0.15, 0.2) is 5.82 Å². The molecule has 0 radical (unpaired) electrons. The van der Waals surface area contributed by atoms with Gasteiger partial charge in [-0.2, -0.15) is 4.98 Å². The Bertz CT molecular complexity index is 1360. The van der Waals surface area contributed by atoms with Crippen LogP contribution in [0.4, 0.5) is 34.5 Å². The van der Waals surface area contributed by atoms with Crippen molar-refractivity contribution in [2.45, 2.75) is 26.2 Å². The molecule has 202 valence electrons. The third-order valence-electron chi connectivity index (χ3n) is 6.64. The van der Waals surface area contributed by atoms with Gasteiger partial charge in [-0.15, -0.1) is 0 Å². The molecule has 3 aromatic rings. The van der Waals surface area contributed by atoms with Crippen LogP contribution in [0.3, 0.4) is 0 Å². The molecule has 4 rings (SSSR count). The molecule has 0 unspecified atom stereocenters. The minimum Gasteiger partial charge on any atom is -0.494 e. The summed E-state index contributed by atoms with van der Waals surface area (Å²) in [5.74, 6) is -0.0299. The van der Waals surface area contributed by atoms with Crippen molar-refractivity contribution >= 4 is 40.5 Å². The summed E-state index contributed by atoms with van der Waals surface area (Å²) in [5, 5.41) is 13.1. The molecule has 2 aromatic heterocycles. The third-order valence-corrected chi connectivity index (χ3v) is 6.64. The quantitative estimate of drug-likeness (QED) is 0.357. The number of fused-ring (bicyclic) bond motifs is 1.